The minimum absolute atomic E-state index is 0.199. The summed E-state index contributed by atoms with van der Waals surface area (Å²) in [4.78, 5) is 27.1. The summed E-state index contributed by atoms with van der Waals surface area (Å²) in [5.41, 5.74) is 0. The van der Waals surface area contributed by atoms with E-state index in [9.17, 15) is 9.59 Å². The van der Waals surface area contributed by atoms with Gasteiger partial charge in [-0.3, -0.25) is 9.59 Å². The summed E-state index contributed by atoms with van der Waals surface area (Å²) in [5, 5.41) is 3.11. The van der Waals surface area contributed by atoms with Crippen LogP contribution in [0, 0.1) is 5.92 Å². The largest absolute Gasteiger partial charge is 0.353 e. The Bertz CT molecular complexity index is 566. The number of nitrogens with one attached hydrogen (secondary N) is 1. The quantitative estimate of drug-likeness (QED) is 0.834. The summed E-state index contributed by atoms with van der Waals surface area (Å²) in [5.74, 6) is 2.01. The number of thiophene rings is 1. The summed E-state index contributed by atoms with van der Waals surface area (Å²) in [6, 6.07) is 4.15. The molecule has 3 rings (SSSR count). The van der Waals surface area contributed by atoms with Gasteiger partial charge in [0.25, 0.3) is 0 Å². The van der Waals surface area contributed by atoms with Crippen molar-refractivity contribution in [1.29, 1.82) is 0 Å². The Morgan fingerprint density at radius 2 is 2.00 bits per heavy atom. The molecule has 0 aromatic carbocycles. The molecule has 0 spiro atoms. The average Bonchev–Trinajstić information content (AvgIpc) is 3.31. The van der Waals surface area contributed by atoms with E-state index in [2.05, 4.69) is 5.32 Å². The number of carbonyl (C=O) groups is 2. The molecule has 1 aromatic heterocycles. The standard InChI is InChI=1S/C16H21ClN2O2S2/c17-14-4-3-13(23-14)9-22-10-15(20)19-7-5-12(6-8-19)18-16(21)11-1-2-11/h3-4,11-12H,1-2,5-10H2,(H,18,21). The Morgan fingerprint density at radius 1 is 1.26 bits per heavy atom. The molecule has 7 heteroatoms. The van der Waals surface area contributed by atoms with E-state index in [4.69, 9.17) is 11.6 Å². The smallest absolute Gasteiger partial charge is 0.232 e. The van der Waals surface area contributed by atoms with Crippen molar-refractivity contribution in [3.63, 3.8) is 0 Å². The molecule has 2 heterocycles. The van der Waals surface area contributed by atoms with Gasteiger partial charge in [0, 0.05) is 35.7 Å². The fraction of sp³-hybridized carbons (Fsp3) is 0.625. The van der Waals surface area contributed by atoms with E-state index in [1.54, 1.807) is 23.1 Å². The topological polar surface area (TPSA) is 49.4 Å². The second-order valence-electron chi connectivity index (χ2n) is 6.14. The molecular formula is C16H21ClN2O2S2. The van der Waals surface area contributed by atoms with Gasteiger partial charge in [0.05, 0.1) is 10.1 Å². The van der Waals surface area contributed by atoms with Gasteiger partial charge in [0.1, 0.15) is 0 Å². The molecule has 0 radical (unpaired) electrons. The van der Waals surface area contributed by atoms with Crippen LogP contribution in [-0.4, -0.2) is 41.6 Å². The van der Waals surface area contributed by atoms with Gasteiger partial charge in [-0.15, -0.1) is 23.1 Å². The lowest BCUT2D eigenvalue weighted by atomic mass is 10.0. The monoisotopic (exact) mass is 372 g/mol. The molecule has 1 aliphatic heterocycles. The first-order valence-corrected chi connectivity index (χ1v) is 10.4. The number of halogens is 1. The van der Waals surface area contributed by atoms with Gasteiger partial charge < -0.3 is 10.2 Å². The fourth-order valence-electron chi connectivity index (χ4n) is 2.70. The molecule has 1 aromatic rings. The van der Waals surface area contributed by atoms with Crippen LogP contribution >= 0.6 is 34.7 Å². The number of rotatable bonds is 6. The van der Waals surface area contributed by atoms with Crippen LogP contribution in [0.2, 0.25) is 4.34 Å². The summed E-state index contributed by atoms with van der Waals surface area (Å²) in [6.07, 6.45) is 3.82. The minimum Gasteiger partial charge on any atom is -0.353 e. The normalized spacial score (nSPS) is 18.9. The highest BCUT2D eigenvalue weighted by Crippen LogP contribution is 2.29. The van der Waals surface area contributed by atoms with E-state index < -0.39 is 0 Å². The first-order chi connectivity index (χ1) is 11.1. The number of piperidine rings is 1. The Hall–Kier alpha value is -0.720. The van der Waals surface area contributed by atoms with Crippen molar-refractivity contribution < 1.29 is 9.59 Å². The van der Waals surface area contributed by atoms with E-state index in [-0.39, 0.29) is 23.8 Å². The Labute approximate surface area is 149 Å². The van der Waals surface area contributed by atoms with E-state index >= 15 is 0 Å². The second kappa shape index (κ2) is 7.90. The maximum atomic E-state index is 12.2. The summed E-state index contributed by atoms with van der Waals surface area (Å²) in [6.45, 7) is 1.50. The number of carbonyl (C=O) groups excluding carboxylic acids is 2. The van der Waals surface area contributed by atoms with Gasteiger partial charge in [0.2, 0.25) is 11.8 Å². The van der Waals surface area contributed by atoms with Crippen molar-refractivity contribution in [2.75, 3.05) is 18.8 Å². The predicted molar refractivity (Wildman–Crippen MR) is 96.0 cm³/mol. The molecule has 0 unspecified atom stereocenters. The van der Waals surface area contributed by atoms with Gasteiger partial charge in [-0.25, -0.2) is 0 Å². The van der Waals surface area contributed by atoms with Gasteiger partial charge in [0.15, 0.2) is 0 Å². The molecule has 23 heavy (non-hydrogen) atoms. The zero-order valence-corrected chi connectivity index (χ0v) is 15.3. The molecule has 2 amide bonds. The molecule has 1 saturated carbocycles. The number of nitrogens with zero attached hydrogens (tertiary/aromatic N) is 1. The number of hydrogen-bond donors (Lipinski definition) is 1. The lowest BCUT2D eigenvalue weighted by molar-refractivity contribution is -0.129. The van der Waals surface area contributed by atoms with Gasteiger partial charge in [-0.1, -0.05) is 11.6 Å². The van der Waals surface area contributed by atoms with E-state index in [1.807, 2.05) is 17.0 Å². The molecule has 0 atom stereocenters. The summed E-state index contributed by atoms with van der Waals surface area (Å²) < 4.78 is 0.794. The third kappa shape index (κ3) is 5.13. The van der Waals surface area contributed by atoms with Crippen LogP contribution in [0.1, 0.15) is 30.6 Å². The Balaban J connectivity index is 1.33. The zero-order valence-electron chi connectivity index (χ0n) is 12.9. The van der Waals surface area contributed by atoms with Crippen molar-refractivity contribution in [1.82, 2.24) is 10.2 Å². The number of amides is 2. The van der Waals surface area contributed by atoms with E-state index in [1.165, 1.54) is 4.88 Å². The van der Waals surface area contributed by atoms with Crippen molar-refractivity contribution >= 4 is 46.5 Å². The highest BCUT2D eigenvalue weighted by Gasteiger charge is 2.32. The van der Waals surface area contributed by atoms with E-state index in [0.29, 0.717) is 5.75 Å². The van der Waals surface area contributed by atoms with Crippen molar-refractivity contribution in [3.05, 3.63) is 21.3 Å². The molecule has 0 bridgehead atoms. The lowest BCUT2D eigenvalue weighted by Gasteiger charge is -2.32. The second-order valence-corrected chi connectivity index (χ2v) is 8.92. The molecule has 4 nitrogen and oxygen atoms in total. The minimum atomic E-state index is 0.199. The Kier molecular flexibility index (Phi) is 5.88. The maximum absolute atomic E-state index is 12.2. The van der Waals surface area contributed by atoms with Crippen LogP contribution < -0.4 is 5.32 Å². The first kappa shape index (κ1) is 17.1. The number of hydrogen-bond acceptors (Lipinski definition) is 4. The van der Waals surface area contributed by atoms with E-state index in [0.717, 1.165) is 48.9 Å². The van der Waals surface area contributed by atoms with Crippen LogP contribution in [0.4, 0.5) is 0 Å². The highest BCUT2D eigenvalue weighted by atomic mass is 35.5. The zero-order chi connectivity index (χ0) is 16.2. The van der Waals surface area contributed by atoms with Crippen LogP contribution in [0.25, 0.3) is 0 Å². The lowest BCUT2D eigenvalue weighted by Crippen LogP contribution is -2.47. The predicted octanol–water partition coefficient (Wildman–Crippen LogP) is 3.15. The highest BCUT2D eigenvalue weighted by molar-refractivity contribution is 7.99. The van der Waals surface area contributed by atoms with Crippen molar-refractivity contribution in [2.45, 2.75) is 37.5 Å². The SMILES string of the molecule is O=C(NC1CCN(C(=O)CSCc2ccc(Cl)s2)CC1)C1CC1. The number of likely N-dealkylation sites (tertiary alicyclic amines) is 1. The van der Waals surface area contributed by atoms with Gasteiger partial charge >= 0.3 is 0 Å². The molecule has 1 N–H and O–H groups in total. The van der Waals surface area contributed by atoms with Gasteiger partial charge in [-0.05, 0) is 37.8 Å². The summed E-state index contributed by atoms with van der Waals surface area (Å²) in [7, 11) is 0. The third-order valence-corrected chi connectivity index (χ3v) is 6.62. The number of thioether (sulfide) groups is 1. The van der Waals surface area contributed by atoms with Gasteiger partial charge in [-0.2, -0.15) is 0 Å². The van der Waals surface area contributed by atoms with Crippen molar-refractivity contribution in [3.8, 4) is 0 Å². The molecule has 126 valence electrons. The first-order valence-electron chi connectivity index (χ1n) is 8.02. The fourth-order valence-corrected chi connectivity index (χ4v) is 4.82. The van der Waals surface area contributed by atoms with Crippen LogP contribution in [0.3, 0.4) is 0 Å². The van der Waals surface area contributed by atoms with Crippen LogP contribution in [-0.2, 0) is 15.3 Å². The van der Waals surface area contributed by atoms with Crippen LogP contribution in [0.15, 0.2) is 12.1 Å². The van der Waals surface area contributed by atoms with Crippen molar-refractivity contribution in [2.24, 2.45) is 5.92 Å². The Morgan fingerprint density at radius 3 is 2.61 bits per heavy atom. The maximum Gasteiger partial charge on any atom is 0.232 e. The third-order valence-electron chi connectivity index (χ3n) is 4.24. The average molecular weight is 373 g/mol. The molecule has 2 fully saturated rings. The summed E-state index contributed by atoms with van der Waals surface area (Å²) >= 11 is 9.10. The molecular weight excluding hydrogens is 352 g/mol. The van der Waals surface area contributed by atoms with Crippen LogP contribution in [0.5, 0.6) is 0 Å². The molecule has 1 saturated heterocycles. The molecule has 1 aliphatic carbocycles. The molecule has 2 aliphatic rings.